The van der Waals surface area contributed by atoms with E-state index in [0.29, 0.717) is 18.6 Å². The standard InChI is InChI=1S/C19H28FN3O2/c1-13(2)25-18-7-4-14(10-17(18)20)11-21-19(24)23-9-8-15-5-6-16(12-23)22(15)3/h4,7,10,13,15-16H,5-6,8-9,11-12H2,1-3H3,(H,21,24)/t15-,16+/m1/s1. The fourth-order valence-corrected chi connectivity index (χ4v) is 3.79. The fraction of sp³-hybridized carbons (Fsp3) is 0.632. The molecule has 2 saturated heterocycles. The smallest absolute Gasteiger partial charge is 0.317 e. The number of fused-ring (bicyclic) bond motifs is 2. The number of nitrogens with one attached hydrogen (secondary N) is 1. The molecule has 138 valence electrons. The predicted octanol–water partition coefficient (Wildman–Crippen LogP) is 2.99. The van der Waals surface area contributed by atoms with Gasteiger partial charge in [0.1, 0.15) is 0 Å². The zero-order chi connectivity index (χ0) is 18.0. The molecule has 0 aromatic heterocycles. The average molecular weight is 349 g/mol. The Balaban J connectivity index is 1.54. The minimum atomic E-state index is -0.394. The van der Waals surface area contributed by atoms with Crippen molar-refractivity contribution in [2.24, 2.45) is 0 Å². The minimum absolute atomic E-state index is 0.0659. The largest absolute Gasteiger partial charge is 0.488 e. The lowest BCUT2D eigenvalue weighted by Crippen LogP contribution is -2.44. The van der Waals surface area contributed by atoms with E-state index in [4.69, 9.17) is 4.74 Å². The van der Waals surface area contributed by atoms with Crippen molar-refractivity contribution < 1.29 is 13.9 Å². The van der Waals surface area contributed by atoms with Gasteiger partial charge in [0.15, 0.2) is 11.6 Å². The summed E-state index contributed by atoms with van der Waals surface area (Å²) in [5, 5.41) is 2.92. The van der Waals surface area contributed by atoms with Gasteiger partial charge in [-0.1, -0.05) is 6.07 Å². The molecule has 6 heteroatoms. The number of benzene rings is 1. The van der Waals surface area contributed by atoms with Crippen molar-refractivity contribution in [2.45, 2.75) is 57.8 Å². The summed E-state index contributed by atoms with van der Waals surface area (Å²) in [5.74, 6) is -0.147. The van der Waals surface area contributed by atoms with Gasteiger partial charge in [0, 0.05) is 31.7 Å². The van der Waals surface area contributed by atoms with E-state index in [1.54, 1.807) is 12.1 Å². The second kappa shape index (κ2) is 7.60. The Labute approximate surface area is 149 Å². The molecule has 0 radical (unpaired) electrons. The van der Waals surface area contributed by atoms with Crippen molar-refractivity contribution in [1.82, 2.24) is 15.1 Å². The Kier molecular flexibility index (Phi) is 5.47. The first kappa shape index (κ1) is 18.0. The zero-order valence-corrected chi connectivity index (χ0v) is 15.3. The van der Waals surface area contributed by atoms with Crippen LogP contribution in [0.3, 0.4) is 0 Å². The third-order valence-electron chi connectivity index (χ3n) is 5.24. The summed E-state index contributed by atoms with van der Waals surface area (Å²) < 4.78 is 19.4. The number of likely N-dealkylation sites (N-methyl/N-ethyl adjacent to an activating group) is 1. The van der Waals surface area contributed by atoms with Crippen molar-refractivity contribution in [3.8, 4) is 5.75 Å². The fourth-order valence-electron chi connectivity index (χ4n) is 3.79. The maximum absolute atomic E-state index is 14.0. The number of hydrogen-bond acceptors (Lipinski definition) is 3. The monoisotopic (exact) mass is 349 g/mol. The molecule has 5 nitrogen and oxygen atoms in total. The Morgan fingerprint density at radius 2 is 2.08 bits per heavy atom. The predicted molar refractivity (Wildman–Crippen MR) is 95.2 cm³/mol. The van der Waals surface area contributed by atoms with Crippen LogP contribution in [-0.2, 0) is 6.54 Å². The van der Waals surface area contributed by atoms with Crippen molar-refractivity contribution >= 4 is 6.03 Å². The van der Waals surface area contributed by atoms with E-state index in [1.165, 1.54) is 12.5 Å². The third-order valence-corrected chi connectivity index (χ3v) is 5.24. The van der Waals surface area contributed by atoms with E-state index in [0.717, 1.165) is 31.5 Å². The summed E-state index contributed by atoms with van der Waals surface area (Å²) in [6, 6.07) is 5.84. The number of nitrogens with zero attached hydrogens (tertiary/aromatic N) is 2. The highest BCUT2D eigenvalue weighted by atomic mass is 19.1. The number of halogens is 1. The molecule has 2 aliphatic heterocycles. The number of rotatable bonds is 4. The van der Waals surface area contributed by atoms with Crippen LogP contribution in [0.2, 0.25) is 0 Å². The Morgan fingerprint density at radius 1 is 1.32 bits per heavy atom. The number of amides is 2. The summed E-state index contributed by atoms with van der Waals surface area (Å²) in [7, 11) is 2.16. The van der Waals surface area contributed by atoms with E-state index in [9.17, 15) is 9.18 Å². The molecular weight excluding hydrogens is 321 g/mol. The molecule has 2 heterocycles. The van der Waals surface area contributed by atoms with E-state index >= 15 is 0 Å². The normalized spacial score (nSPS) is 23.6. The van der Waals surface area contributed by atoms with Gasteiger partial charge in [-0.15, -0.1) is 0 Å². The maximum Gasteiger partial charge on any atom is 0.317 e. The van der Waals surface area contributed by atoms with E-state index in [1.807, 2.05) is 18.7 Å². The van der Waals surface area contributed by atoms with Gasteiger partial charge in [0.2, 0.25) is 0 Å². The molecule has 0 aliphatic carbocycles. The molecule has 25 heavy (non-hydrogen) atoms. The molecule has 1 aromatic carbocycles. The number of carbonyl (C=O) groups excluding carboxylic acids is 1. The molecule has 1 N–H and O–H groups in total. The van der Waals surface area contributed by atoms with Crippen molar-refractivity contribution in [3.63, 3.8) is 0 Å². The highest BCUT2D eigenvalue weighted by Gasteiger charge is 2.35. The van der Waals surface area contributed by atoms with Gasteiger partial charge in [-0.3, -0.25) is 4.90 Å². The Morgan fingerprint density at radius 3 is 2.80 bits per heavy atom. The molecule has 2 bridgehead atoms. The van der Waals surface area contributed by atoms with E-state index in [2.05, 4.69) is 17.3 Å². The maximum atomic E-state index is 14.0. The van der Waals surface area contributed by atoms with Crippen LogP contribution in [0.15, 0.2) is 18.2 Å². The van der Waals surface area contributed by atoms with Gasteiger partial charge in [-0.2, -0.15) is 0 Å². The van der Waals surface area contributed by atoms with Gasteiger partial charge in [-0.25, -0.2) is 9.18 Å². The number of carbonyl (C=O) groups is 1. The van der Waals surface area contributed by atoms with Crippen LogP contribution in [0, 0.1) is 5.82 Å². The summed E-state index contributed by atoms with van der Waals surface area (Å²) in [5.41, 5.74) is 0.732. The highest BCUT2D eigenvalue weighted by molar-refractivity contribution is 5.74. The second-order valence-corrected chi connectivity index (χ2v) is 7.38. The first-order valence-electron chi connectivity index (χ1n) is 9.14. The molecule has 2 amide bonds. The van der Waals surface area contributed by atoms with Gasteiger partial charge in [0.25, 0.3) is 0 Å². The Bertz CT molecular complexity index is 623. The lowest BCUT2D eigenvalue weighted by Gasteiger charge is -2.26. The number of urea groups is 1. The average Bonchev–Trinajstić information content (AvgIpc) is 2.79. The molecule has 0 unspecified atom stereocenters. The van der Waals surface area contributed by atoms with Gasteiger partial charge >= 0.3 is 6.03 Å². The topological polar surface area (TPSA) is 44.8 Å². The molecular formula is C19H28FN3O2. The number of hydrogen-bond donors (Lipinski definition) is 1. The molecule has 2 aliphatic rings. The summed E-state index contributed by atoms with van der Waals surface area (Å²) in [6.07, 6.45) is 3.35. The lowest BCUT2D eigenvalue weighted by atomic mass is 10.1. The van der Waals surface area contributed by atoms with Crippen LogP contribution < -0.4 is 10.1 Å². The molecule has 1 aromatic rings. The van der Waals surface area contributed by atoms with Crippen molar-refractivity contribution in [1.29, 1.82) is 0 Å². The summed E-state index contributed by atoms with van der Waals surface area (Å²) in [6.45, 7) is 5.59. The number of ether oxygens (including phenoxy) is 1. The van der Waals surface area contributed by atoms with Gasteiger partial charge in [-0.05, 0) is 57.9 Å². The van der Waals surface area contributed by atoms with Crippen LogP contribution in [-0.4, -0.2) is 54.2 Å². The van der Waals surface area contributed by atoms with Crippen molar-refractivity contribution in [3.05, 3.63) is 29.6 Å². The van der Waals surface area contributed by atoms with Gasteiger partial charge < -0.3 is 15.0 Å². The molecule has 2 atom stereocenters. The first-order chi connectivity index (χ1) is 11.9. The molecule has 0 saturated carbocycles. The van der Waals surface area contributed by atoms with E-state index < -0.39 is 5.82 Å². The molecule has 3 rings (SSSR count). The first-order valence-corrected chi connectivity index (χ1v) is 9.14. The van der Waals surface area contributed by atoms with Gasteiger partial charge in [0.05, 0.1) is 6.10 Å². The second-order valence-electron chi connectivity index (χ2n) is 7.38. The zero-order valence-electron chi connectivity index (χ0n) is 15.3. The van der Waals surface area contributed by atoms with E-state index in [-0.39, 0.29) is 17.9 Å². The SMILES string of the molecule is CC(C)Oc1ccc(CNC(=O)N2CC[C@H]3CC[C@@H](C2)N3C)cc1F. The third kappa shape index (κ3) is 4.24. The highest BCUT2D eigenvalue weighted by Crippen LogP contribution is 2.28. The lowest BCUT2D eigenvalue weighted by molar-refractivity contribution is 0.188. The molecule has 0 spiro atoms. The van der Waals surface area contributed by atoms with Crippen LogP contribution in [0.25, 0.3) is 0 Å². The summed E-state index contributed by atoms with van der Waals surface area (Å²) >= 11 is 0. The van der Waals surface area contributed by atoms with Crippen LogP contribution >= 0.6 is 0 Å². The Hall–Kier alpha value is -1.82. The van der Waals surface area contributed by atoms with Crippen molar-refractivity contribution in [2.75, 3.05) is 20.1 Å². The number of likely N-dealkylation sites (tertiary alicyclic amines) is 1. The van der Waals surface area contributed by atoms with Crippen LogP contribution in [0.4, 0.5) is 9.18 Å². The van der Waals surface area contributed by atoms with Crippen LogP contribution in [0.5, 0.6) is 5.75 Å². The summed E-state index contributed by atoms with van der Waals surface area (Å²) in [4.78, 5) is 16.8. The molecule has 2 fully saturated rings. The van der Waals surface area contributed by atoms with Crippen LogP contribution in [0.1, 0.15) is 38.7 Å². The minimum Gasteiger partial charge on any atom is -0.488 e. The quantitative estimate of drug-likeness (QED) is 0.909.